The van der Waals surface area contributed by atoms with E-state index in [4.69, 9.17) is 0 Å². The van der Waals surface area contributed by atoms with E-state index in [1.165, 1.54) is 4.90 Å². The summed E-state index contributed by atoms with van der Waals surface area (Å²) in [6.45, 7) is 2.34. The van der Waals surface area contributed by atoms with Gasteiger partial charge in [0.25, 0.3) is 0 Å². The first-order chi connectivity index (χ1) is 8.63. The Morgan fingerprint density at radius 2 is 2.06 bits per heavy atom. The van der Waals surface area contributed by atoms with Gasteiger partial charge in [0.1, 0.15) is 0 Å². The molecule has 0 saturated heterocycles. The average molecular weight is 267 g/mol. The maximum Gasteiger partial charge on any atom is 0.331 e. The normalized spacial score (nSPS) is 11.9. The molecule has 1 rings (SSSR count). The molecule has 98 valence electrons. The lowest BCUT2D eigenvalue weighted by Crippen LogP contribution is -2.33. The van der Waals surface area contributed by atoms with Gasteiger partial charge in [-0.25, -0.2) is 4.79 Å². The number of thioether (sulfide) groups is 1. The molecule has 0 spiro atoms. The van der Waals surface area contributed by atoms with Gasteiger partial charge in [-0.15, -0.1) is 11.8 Å². The zero-order valence-corrected chi connectivity index (χ0v) is 11.3. The van der Waals surface area contributed by atoms with Gasteiger partial charge in [0.05, 0.1) is 0 Å². The molecule has 0 aliphatic carbocycles. The molecular weight excluding hydrogens is 250 g/mol. The van der Waals surface area contributed by atoms with Crippen LogP contribution in [-0.4, -0.2) is 35.2 Å². The second kappa shape index (κ2) is 7.06. The summed E-state index contributed by atoms with van der Waals surface area (Å²) in [5, 5.41) is 9.28. The van der Waals surface area contributed by atoms with E-state index in [-0.39, 0.29) is 0 Å². The number of carboxylic acid groups (broad SMARTS) is 1. The van der Waals surface area contributed by atoms with Crippen LogP contribution in [0.1, 0.15) is 24.9 Å². The molecule has 1 amide bonds. The Labute approximate surface area is 111 Å². The largest absolute Gasteiger partial charge is 0.479 e. The van der Waals surface area contributed by atoms with Crippen LogP contribution >= 0.6 is 11.8 Å². The van der Waals surface area contributed by atoms with Crippen LogP contribution in [0.4, 0.5) is 0 Å². The summed E-state index contributed by atoms with van der Waals surface area (Å²) in [6, 6.07) is 6.35. The summed E-state index contributed by atoms with van der Waals surface area (Å²) in [4.78, 5) is 24.7. The summed E-state index contributed by atoms with van der Waals surface area (Å²) < 4.78 is 0. The third-order valence-corrected chi connectivity index (χ3v) is 3.36. The SMILES string of the molecule is CCCN(C=O)C(C(=O)O)c1ccc(SC)cc1. The topological polar surface area (TPSA) is 57.6 Å². The lowest BCUT2D eigenvalue weighted by molar-refractivity contribution is -0.146. The number of carboxylic acids is 1. The smallest absolute Gasteiger partial charge is 0.331 e. The minimum atomic E-state index is -1.01. The van der Waals surface area contributed by atoms with Crippen molar-refractivity contribution >= 4 is 24.1 Å². The lowest BCUT2D eigenvalue weighted by Gasteiger charge is -2.24. The number of carbonyl (C=O) groups excluding carboxylic acids is 1. The minimum absolute atomic E-state index is 0.435. The van der Waals surface area contributed by atoms with E-state index >= 15 is 0 Å². The van der Waals surface area contributed by atoms with E-state index < -0.39 is 12.0 Å². The van der Waals surface area contributed by atoms with Gasteiger partial charge in [-0.3, -0.25) is 4.79 Å². The Hall–Kier alpha value is -1.49. The molecule has 0 aliphatic rings. The maximum atomic E-state index is 11.3. The van der Waals surface area contributed by atoms with Crippen LogP contribution in [0, 0.1) is 0 Å². The molecule has 1 aromatic rings. The van der Waals surface area contributed by atoms with Gasteiger partial charge in [-0.05, 0) is 30.4 Å². The molecule has 18 heavy (non-hydrogen) atoms. The Morgan fingerprint density at radius 1 is 1.44 bits per heavy atom. The van der Waals surface area contributed by atoms with E-state index in [9.17, 15) is 14.7 Å². The van der Waals surface area contributed by atoms with Crippen molar-refractivity contribution in [3.8, 4) is 0 Å². The van der Waals surface area contributed by atoms with Gasteiger partial charge in [-0.2, -0.15) is 0 Å². The number of amides is 1. The first-order valence-electron chi connectivity index (χ1n) is 5.71. The molecule has 1 unspecified atom stereocenters. The second-order valence-electron chi connectivity index (χ2n) is 3.86. The van der Waals surface area contributed by atoms with Gasteiger partial charge in [0.15, 0.2) is 6.04 Å². The molecule has 1 N–H and O–H groups in total. The highest BCUT2D eigenvalue weighted by Gasteiger charge is 2.25. The predicted molar refractivity (Wildman–Crippen MR) is 71.7 cm³/mol. The first-order valence-corrected chi connectivity index (χ1v) is 6.94. The molecule has 1 aromatic carbocycles. The highest BCUT2D eigenvalue weighted by atomic mass is 32.2. The molecule has 0 aromatic heterocycles. The average Bonchev–Trinajstić information content (AvgIpc) is 2.38. The predicted octanol–water partition coefficient (Wildman–Crippen LogP) is 2.40. The first kappa shape index (κ1) is 14.6. The molecule has 4 nitrogen and oxygen atoms in total. The van der Waals surface area contributed by atoms with E-state index in [1.54, 1.807) is 23.9 Å². The van der Waals surface area contributed by atoms with Crippen LogP contribution in [0.5, 0.6) is 0 Å². The van der Waals surface area contributed by atoms with E-state index in [2.05, 4.69) is 0 Å². The molecule has 0 saturated carbocycles. The van der Waals surface area contributed by atoms with Crippen molar-refractivity contribution in [1.82, 2.24) is 4.90 Å². The van der Waals surface area contributed by atoms with Crippen LogP contribution in [-0.2, 0) is 9.59 Å². The van der Waals surface area contributed by atoms with Crippen molar-refractivity contribution in [1.29, 1.82) is 0 Å². The van der Waals surface area contributed by atoms with Crippen molar-refractivity contribution in [3.63, 3.8) is 0 Å². The standard InChI is InChI=1S/C13H17NO3S/c1-3-8-14(9-15)12(13(16)17)10-4-6-11(18-2)7-5-10/h4-7,9,12H,3,8H2,1-2H3,(H,16,17). The van der Waals surface area contributed by atoms with E-state index in [0.717, 1.165) is 11.3 Å². The molecule has 0 fully saturated rings. The Bertz CT molecular complexity index is 405. The zero-order valence-electron chi connectivity index (χ0n) is 10.5. The van der Waals surface area contributed by atoms with Crippen molar-refractivity contribution in [2.75, 3.05) is 12.8 Å². The van der Waals surface area contributed by atoms with E-state index in [0.29, 0.717) is 18.5 Å². The number of benzene rings is 1. The Balaban J connectivity index is 3.02. The highest BCUT2D eigenvalue weighted by Crippen LogP contribution is 2.23. The van der Waals surface area contributed by atoms with Gasteiger partial charge in [-0.1, -0.05) is 19.1 Å². The number of aliphatic carboxylic acids is 1. The molecule has 0 bridgehead atoms. The molecule has 0 radical (unpaired) electrons. The fourth-order valence-corrected chi connectivity index (χ4v) is 2.17. The fourth-order valence-electron chi connectivity index (χ4n) is 1.76. The van der Waals surface area contributed by atoms with Crippen LogP contribution in [0.3, 0.4) is 0 Å². The van der Waals surface area contributed by atoms with Gasteiger partial charge < -0.3 is 10.0 Å². The molecule has 1 atom stereocenters. The van der Waals surface area contributed by atoms with Gasteiger partial charge >= 0.3 is 5.97 Å². The number of hydrogen-bond acceptors (Lipinski definition) is 3. The summed E-state index contributed by atoms with van der Waals surface area (Å²) in [5.41, 5.74) is 0.626. The van der Waals surface area contributed by atoms with Crippen molar-refractivity contribution < 1.29 is 14.7 Å². The second-order valence-corrected chi connectivity index (χ2v) is 4.74. The van der Waals surface area contributed by atoms with Crippen molar-refractivity contribution in [2.45, 2.75) is 24.3 Å². The number of hydrogen-bond donors (Lipinski definition) is 1. The fraction of sp³-hybridized carbons (Fsp3) is 0.385. The van der Waals surface area contributed by atoms with E-state index in [1.807, 2.05) is 25.3 Å². The number of carbonyl (C=O) groups is 2. The summed E-state index contributed by atoms with van der Waals surface area (Å²) in [7, 11) is 0. The third kappa shape index (κ3) is 3.50. The highest BCUT2D eigenvalue weighted by molar-refractivity contribution is 7.98. The zero-order chi connectivity index (χ0) is 13.5. The molecular formula is C13H17NO3S. The molecule has 5 heteroatoms. The number of nitrogens with zero attached hydrogens (tertiary/aromatic N) is 1. The number of rotatable bonds is 7. The summed E-state index contributed by atoms with van der Waals surface area (Å²) >= 11 is 1.59. The molecule has 0 aliphatic heterocycles. The van der Waals surface area contributed by atoms with Crippen molar-refractivity contribution in [2.24, 2.45) is 0 Å². The molecule has 0 heterocycles. The Morgan fingerprint density at radius 3 is 2.44 bits per heavy atom. The van der Waals surface area contributed by atoms with Crippen LogP contribution in [0.25, 0.3) is 0 Å². The minimum Gasteiger partial charge on any atom is -0.479 e. The maximum absolute atomic E-state index is 11.3. The lowest BCUT2D eigenvalue weighted by atomic mass is 10.1. The summed E-state index contributed by atoms with van der Waals surface area (Å²) in [5.74, 6) is -1.01. The summed E-state index contributed by atoms with van der Waals surface area (Å²) in [6.07, 6.45) is 3.29. The monoisotopic (exact) mass is 267 g/mol. The third-order valence-electron chi connectivity index (χ3n) is 2.61. The van der Waals surface area contributed by atoms with Crippen LogP contribution < -0.4 is 0 Å². The van der Waals surface area contributed by atoms with Gasteiger partial charge in [0.2, 0.25) is 6.41 Å². The Kier molecular flexibility index (Phi) is 5.71. The quantitative estimate of drug-likeness (QED) is 0.609. The van der Waals surface area contributed by atoms with Crippen molar-refractivity contribution in [3.05, 3.63) is 29.8 Å². The van der Waals surface area contributed by atoms with Crippen LogP contribution in [0.15, 0.2) is 29.2 Å². The van der Waals surface area contributed by atoms with Crippen LogP contribution in [0.2, 0.25) is 0 Å². The van der Waals surface area contributed by atoms with Gasteiger partial charge in [0, 0.05) is 11.4 Å².